The van der Waals surface area contributed by atoms with E-state index in [-0.39, 0.29) is 15.9 Å². The van der Waals surface area contributed by atoms with Gasteiger partial charge in [-0.25, -0.2) is 9.18 Å². The van der Waals surface area contributed by atoms with Crippen LogP contribution in [0.4, 0.5) is 14.9 Å². The number of nitrogens with one attached hydrogen (secondary N) is 1. The van der Waals surface area contributed by atoms with Gasteiger partial charge in [0.2, 0.25) is 0 Å². The topological polar surface area (TPSA) is 107 Å². The highest BCUT2D eigenvalue weighted by Gasteiger charge is 2.19. The molecule has 0 aliphatic rings. The van der Waals surface area contributed by atoms with Crippen LogP contribution in [0.15, 0.2) is 16.6 Å². The third-order valence-corrected chi connectivity index (χ3v) is 2.54. The molecule has 1 aromatic carbocycles. The fourth-order valence-electron chi connectivity index (χ4n) is 1.16. The van der Waals surface area contributed by atoms with Crippen LogP contribution >= 0.6 is 15.9 Å². The number of carbonyl (C=O) groups is 2. The zero-order valence-electron chi connectivity index (χ0n) is 9.37. The molecule has 0 saturated heterocycles. The molecule has 98 valence electrons. The normalized spacial score (nSPS) is 11.7. The molecule has 3 amide bonds. The Bertz CT molecular complexity index is 472. The molecule has 8 heteroatoms. The van der Waals surface area contributed by atoms with Crippen molar-refractivity contribution in [2.75, 3.05) is 5.73 Å². The monoisotopic (exact) mass is 319 g/mol. The van der Waals surface area contributed by atoms with Crippen LogP contribution in [0.1, 0.15) is 6.92 Å². The number of hydrogen-bond donors (Lipinski definition) is 3. The molecule has 1 aromatic rings. The largest absolute Gasteiger partial charge is 0.478 e. The molecule has 6 nitrogen and oxygen atoms in total. The Morgan fingerprint density at radius 1 is 1.50 bits per heavy atom. The van der Waals surface area contributed by atoms with Gasteiger partial charge in [-0.15, -0.1) is 0 Å². The molecule has 18 heavy (non-hydrogen) atoms. The first-order valence-corrected chi connectivity index (χ1v) is 5.62. The predicted molar refractivity (Wildman–Crippen MR) is 66.3 cm³/mol. The molecule has 0 radical (unpaired) electrons. The Labute approximate surface area is 111 Å². The average Bonchev–Trinajstić information content (AvgIpc) is 2.21. The third kappa shape index (κ3) is 3.59. The van der Waals surface area contributed by atoms with Gasteiger partial charge in [-0.3, -0.25) is 10.1 Å². The third-order valence-electron chi connectivity index (χ3n) is 1.95. The van der Waals surface area contributed by atoms with E-state index in [2.05, 4.69) is 15.9 Å². The molecule has 0 aromatic heterocycles. The quantitative estimate of drug-likeness (QED) is 0.726. The summed E-state index contributed by atoms with van der Waals surface area (Å²) in [5.41, 5.74) is 10.4. The van der Waals surface area contributed by atoms with Crippen LogP contribution in [0.5, 0.6) is 5.75 Å². The van der Waals surface area contributed by atoms with Gasteiger partial charge in [0.25, 0.3) is 5.91 Å². The molecule has 0 fully saturated rings. The van der Waals surface area contributed by atoms with Gasteiger partial charge in [0.15, 0.2) is 11.9 Å². The van der Waals surface area contributed by atoms with Crippen molar-refractivity contribution < 1.29 is 18.7 Å². The fourth-order valence-corrected chi connectivity index (χ4v) is 1.70. The second-order valence-corrected chi connectivity index (χ2v) is 4.27. The number of urea groups is 1. The lowest BCUT2D eigenvalue weighted by atomic mass is 10.3. The second kappa shape index (κ2) is 5.67. The van der Waals surface area contributed by atoms with E-state index < -0.39 is 23.9 Å². The van der Waals surface area contributed by atoms with Crippen LogP contribution < -0.4 is 21.5 Å². The summed E-state index contributed by atoms with van der Waals surface area (Å²) in [5, 5.41) is 1.86. The summed E-state index contributed by atoms with van der Waals surface area (Å²) < 4.78 is 18.5. The Hall–Kier alpha value is -1.83. The number of nitrogens with two attached hydrogens (primary N) is 2. The van der Waals surface area contributed by atoms with Gasteiger partial charge in [0.1, 0.15) is 5.82 Å². The van der Waals surface area contributed by atoms with E-state index in [0.717, 1.165) is 12.1 Å². The summed E-state index contributed by atoms with van der Waals surface area (Å²) in [6.07, 6.45) is -1.01. The van der Waals surface area contributed by atoms with Crippen LogP contribution in [-0.2, 0) is 4.79 Å². The number of rotatable bonds is 3. The number of imide groups is 1. The molecule has 1 atom stereocenters. The van der Waals surface area contributed by atoms with Gasteiger partial charge in [-0.1, -0.05) is 0 Å². The molecule has 5 N–H and O–H groups in total. The van der Waals surface area contributed by atoms with Crippen molar-refractivity contribution in [3.8, 4) is 5.75 Å². The number of carbonyl (C=O) groups excluding carboxylic acids is 2. The zero-order valence-corrected chi connectivity index (χ0v) is 11.0. The van der Waals surface area contributed by atoms with Crippen LogP contribution in [0.2, 0.25) is 0 Å². The molecule has 0 aliphatic carbocycles. The maximum Gasteiger partial charge on any atom is 0.318 e. The van der Waals surface area contributed by atoms with Gasteiger partial charge in [-0.05, 0) is 28.9 Å². The Balaban J connectivity index is 2.85. The molecule has 0 heterocycles. The highest BCUT2D eigenvalue weighted by atomic mass is 79.9. The van der Waals surface area contributed by atoms with Crippen LogP contribution in [0.25, 0.3) is 0 Å². The summed E-state index contributed by atoms with van der Waals surface area (Å²) in [7, 11) is 0. The maximum absolute atomic E-state index is 13.0. The van der Waals surface area contributed by atoms with E-state index >= 15 is 0 Å². The van der Waals surface area contributed by atoms with E-state index in [1.807, 2.05) is 5.32 Å². The number of anilines is 1. The van der Waals surface area contributed by atoms with Gasteiger partial charge in [-0.2, -0.15) is 0 Å². The lowest BCUT2D eigenvalue weighted by Crippen LogP contribution is -2.42. The average molecular weight is 320 g/mol. The molecular weight excluding hydrogens is 309 g/mol. The summed E-state index contributed by atoms with van der Waals surface area (Å²) in [5.74, 6) is -1.15. The minimum atomic E-state index is -1.01. The van der Waals surface area contributed by atoms with Crippen molar-refractivity contribution in [2.45, 2.75) is 13.0 Å². The highest BCUT2D eigenvalue weighted by molar-refractivity contribution is 9.10. The van der Waals surface area contributed by atoms with E-state index in [1.54, 1.807) is 0 Å². The summed E-state index contributed by atoms with van der Waals surface area (Å²) in [6, 6.07) is 1.21. The van der Waals surface area contributed by atoms with Crippen molar-refractivity contribution in [1.82, 2.24) is 5.32 Å². The first kappa shape index (κ1) is 14.2. The fraction of sp³-hybridized carbons (Fsp3) is 0.200. The van der Waals surface area contributed by atoms with Crippen molar-refractivity contribution in [2.24, 2.45) is 5.73 Å². The number of hydrogen-bond acceptors (Lipinski definition) is 4. The van der Waals surface area contributed by atoms with Gasteiger partial charge in [0, 0.05) is 6.07 Å². The summed E-state index contributed by atoms with van der Waals surface area (Å²) in [6.45, 7) is 1.40. The molecular formula is C10H11BrFN3O3. The maximum atomic E-state index is 13.0. The van der Waals surface area contributed by atoms with Gasteiger partial charge in [0.05, 0.1) is 10.2 Å². The summed E-state index contributed by atoms with van der Waals surface area (Å²) in [4.78, 5) is 21.9. The lowest BCUT2D eigenvalue weighted by molar-refractivity contribution is -0.126. The van der Waals surface area contributed by atoms with Crippen molar-refractivity contribution >= 4 is 33.6 Å². The van der Waals surface area contributed by atoms with E-state index in [0.29, 0.717) is 0 Å². The Kier molecular flexibility index (Phi) is 4.49. The number of amides is 3. The Morgan fingerprint density at radius 3 is 2.61 bits per heavy atom. The standard InChI is InChI=1S/C10H11BrFN3O3/c1-4(9(16)15-10(14)17)18-8-6(11)2-5(12)3-7(8)13/h2-4H,13H2,1H3,(H3,14,15,16,17). The molecule has 1 unspecified atom stereocenters. The minimum absolute atomic E-state index is 0.0283. The molecule has 0 spiro atoms. The molecule has 0 saturated carbocycles. The van der Waals surface area contributed by atoms with Crippen molar-refractivity contribution in [3.63, 3.8) is 0 Å². The van der Waals surface area contributed by atoms with Gasteiger partial charge < -0.3 is 16.2 Å². The number of halogens is 2. The Morgan fingerprint density at radius 2 is 2.11 bits per heavy atom. The second-order valence-electron chi connectivity index (χ2n) is 3.42. The first-order valence-electron chi connectivity index (χ1n) is 4.82. The molecule has 1 rings (SSSR count). The highest BCUT2D eigenvalue weighted by Crippen LogP contribution is 2.33. The lowest BCUT2D eigenvalue weighted by Gasteiger charge is -2.16. The molecule has 0 aliphatic heterocycles. The van der Waals surface area contributed by atoms with Crippen LogP contribution in [0.3, 0.4) is 0 Å². The van der Waals surface area contributed by atoms with E-state index in [1.165, 1.54) is 6.92 Å². The first-order chi connectivity index (χ1) is 8.31. The van der Waals surface area contributed by atoms with Crippen LogP contribution in [-0.4, -0.2) is 18.0 Å². The summed E-state index contributed by atoms with van der Waals surface area (Å²) >= 11 is 3.06. The van der Waals surface area contributed by atoms with E-state index in [9.17, 15) is 14.0 Å². The predicted octanol–water partition coefficient (Wildman–Crippen LogP) is 1.13. The van der Waals surface area contributed by atoms with Crippen molar-refractivity contribution in [1.29, 1.82) is 0 Å². The molecule has 0 bridgehead atoms. The smallest absolute Gasteiger partial charge is 0.318 e. The minimum Gasteiger partial charge on any atom is -0.478 e. The number of nitrogen functional groups attached to an aromatic ring is 1. The number of benzene rings is 1. The van der Waals surface area contributed by atoms with Gasteiger partial charge >= 0.3 is 6.03 Å². The van der Waals surface area contributed by atoms with Crippen LogP contribution in [0, 0.1) is 5.82 Å². The zero-order chi connectivity index (χ0) is 13.9. The van der Waals surface area contributed by atoms with Crippen molar-refractivity contribution in [3.05, 3.63) is 22.4 Å². The number of ether oxygens (including phenoxy) is 1. The SMILES string of the molecule is CC(Oc1c(N)cc(F)cc1Br)C(=O)NC(N)=O. The van der Waals surface area contributed by atoms with E-state index in [4.69, 9.17) is 16.2 Å². The number of primary amides is 1.